The van der Waals surface area contributed by atoms with E-state index in [0.717, 1.165) is 23.0 Å². The molecule has 6 aromatic rings. The van der Waals surface area contributed by atoms with Crippen LogP contribution in [0.25, 0.3) is 33.1 Å². The molecule has 1 spiro atoms. The third-order valence-electron chi connectivity index (χ3n) is 11.4. The van der Waals surface area contributed by atoms with Gasteiger partial charge in [-0.15, -0.1) is 0 Å². The molecular formula is C40H33NO. The third kappa shape index (κ3) is 2.90. The van der Waals surface area contributed by atoms with Crippen molar-refractivity contribution >= 4 is 39.0 Å². The predicted molar refractivity (Wildman–Crippen MR) is 172 cm³/mol. The number of anilines is 3. The van der Waals surface area contributed by atoms with Gasteiger partial charge in [0.15, 0.2) is 0 Å². The van der Waals surface area contributed by atoms with Crippen molar-refractivity contribution in [2.75, 3.05) is 4.90 Å². The van der Waals surface area contributed by atoms with Crippen molar-refractivity contribution in [3.05, 3.63) is 126 Å². The van der Waals surface area contributed by atoms with Gasteiger partial charge >= 0.3 is 0 Å². The van der Waals surface area contributed by atoms with Crippen molar-refractivity contribution in [2.45, 2.75) is 37.5 Å². The Morgan fingerprint density at radius 3 is 2.02 bits per heavy atom. The average molecular weight is 544 g/mol. The molecule has 1 heterocycles. The average Bonchev–Trinajstić information content (AvgIpc) is 3.55. The standard InChI is InChI=1S/C40H33NO/c1-2-10-29(11-3-1)41(34-16-9-19-37-38(34)32-13-5-7-18-36(32)42-37)35-17-8-14-31-30-12-4-6-15-33(30)40(39(31)35)27-21-25-20-26(23-27)24-28(40)22-25/h1-19,25-28H,20-24H2. The second kappa shape index (κ2) is 8.38. The first-order chi connectivity index (χ1) is 20.8. The molecule has 1 aromatic heterocycles. The second-order valence-corrected chi connectivity index (χ2v) is 13.3. The molecule has 2 nitrogen and oxygen atoms in total. The summed E-state index contributed by atoms with van der Waals surface area (Å²) in [5.41, 5.74) is 11.8. The van der Waals surface area contributed by atoms with Gasteiger partial charge in [0, 0.05) is 16.5 Å². The quantitative estimate of drug-likeness (QED) is 0.221. The summed E-state index contributed by atoms with van der Waals surface area (Å²) in [6.07, 6.45) is 6.97. The van der Waals surface area contributed by atoms with Gasteiger partial charge in [0.2, 0.25) is 0 Å². The maximum atomic E-state index is 6.42. The fourth-order valence-electron chi connectivity index (χ4n) is 10.3. The van der Waals surface area contributed by atoms with Crippen molar-refractivity contribution in [1.82, 2.24) is 0 Å². The first-order valence-electron chi connectivity index (χ1n) is 15.8. The molecule has 5 aliphatic rings. The Morgan fingerprint density at radius 1 is 0.548 bits per heavy atom. The summed E-state index contributed by atoms with van der Waals surface area (Å²) in [4.78, 5) is 2.56. The summed E-state index contributed by atoms with van der Waals surface area (Å²) in [5, 5.41) is 2.36. The molecule has 0 saturated heterocycles. The van der Waals surface area contributed by atoms with E-state index in [-0.39, 0.29) is 5.41 Å². The lowest BCUT2D eigenvalue weighted by atomic mass is 9.43. The number of rotatable bonds is 3. The Kier molecular flexibility index (Phi) is 4.65. The zero-order valence-corrected chi connectivity index (χ0v) is 23.7. The molecule has 2 heteroatoms. The Hall–Kier alpha value is -4.30. The Balaban J connectivity index is 1.31. The Bertz CT molecular complexity index is 1990. The first kappa shape index (κ1) is 23.3. The van der Waals surface area contributed by atoms with Crippen molar-refractivity contribution in [3.8, 4) is 11.1 Å². The molecule has 0 aliphatic heterocycles. The molecule has 0 atom stereocenters. The van der Waals surface area contributed by atoms with Gasteiger partial charge in [-0.2, -0.15) is 0 Å². The van der Waals surface area contributed by atoms with Crippen LogP contribution in [0.2, 0.25) is 0 Å². The molecular weight excluding hydrogens is 510 g/mol. The number of furan rings is 1. The van der Waals surface area contributed by atoms with Crippen molar-refractivity contribution < 1.29 is 4.42 Å². The van der Waals surface area contributed by atoms with Gasteiger partial charge in [0.05, 0.1) is 16.8 Å². The van der Waals surface area contributed by atoms with E-state index < -0.39 is 0 Å². The molecule has 0 unspecified atom stereocenters. The predicted octanol–water partition coefficient (Wildman–Crippen LogP) is 10.8. The van der Waals surface area contributed by atoms with Crippen molar-refractivity contribution in [1.29, 1.82) is 0 Å². The van der Waals surface area contributed by atoms with Crippen LogP contribution in [0.3, 0.4) is 0 Å². The highest BCUT2D eigenvalue weighted by Gasteiger charge is 2.62. The topological polar surface area (TPSA) is 16.4 Å². The molecule has 5 aliphatic carbocycles. The van der Waals surface area contributed by atoms with Crippen LogP contribution in [-0.4, -0.2) is 0 Å². The lowest BCUT2D eigenvalue weighted by Crippen LogP contribution is -2.55. The fourth-order valence-corrected chi connectivity index (χ4v) is 10.3. The van der Waals surface area contributed by atoms with Gasteiger partial charge in [-0.25, -0.2) is 0 Å². The fraction of sp³-hybridized carbons (Fsp3) is 0.250. The molecule has 4 fully saturated rings. The molecule has 0 N–H and O–H groups in total. The number of hydrogen-bond donors (Lipinski definition) is 0. The maximum absolute atomic E-state index is 6.42. The first-order valence-corrected chi connectivity index (χ1v) is 15.8. The molecule has 42 heavy (non-hydrogen) atoms. The summed E-state index contributed by atoms with van der Waals surface area (Å²) >= 11 is 0. The van der Waals surface area contributed by atoms with Crippen LogP contribution in [0, 0.1) is 23.7 Å². The van der Waals surface area contributed by atoms with Gasteiger partial charge in [0.1, 0.15) is 11.2 Å². The van der Waals surface area contributed by atoms with Gasteiger partial charge in [-0.3, -0.25) is 0 Å². The molecule has 0 amide bonds. The van der Waals surface area contributed by atoms with E-state index in [2.05, 4.69) is 120 Å². The molecule has 4 bridgehead atoms. The minimum absolute atomic E-state index is 0.0787. The molecule has 4 saturated carbocycles. The minimum atomic E-state index is 0.0787. The van der Waals surface area contributed by atoms with E-state index in [1.165, 1.54) is 71.1 Å². The Morgan fingerprint density at radius 2 is 1.19 bits per heavy atom. The van der Waals surface area contributed by atoms with E-state index in [1.807, 2.05) is 0 Å². The summed E-state index contributed by atoms with van der Waals surface area (Å²) in [5.74, 6) is 3.25. The van der Waals surface area contributed by atoms with Gasteiger partial charge in [-0.1, -0.05) is 78.9 Å². The number of benzene rings is 5. The van der Waals surface area contributed by atoms with Gasteiger partial charge < -0.3 is 9.32 Å². The highest BCUT2D eigenvalue weighted by molar-refractivity contribution is 6.13. The second-order valence-electron chi connectivity index (χ2n) is 13.3. The van der Waals surface area contributed by atoms with Crippen LogP contribution >= 0.6 is 0 Å². The van der Waals surface area contributed by atoms with Crippen LogP contribution in [0.4, 0.5) is 17.1 Å². The van der Waals surface area contributed by atoms with Crippen LogP contribution in [0.15, 0.2) is 120 Å². The molecule has 0 radical (unpaired) electrons. The lowest BCUT2D eigenvalue weighted by Gasteiger charge is -2.61. The SMILES string of the molecule is c1ccc(N(c2cccc3c2C2(c4ccccc4-3)C3CC4CC(C3)CC2C4)c2cccc3oc4ccccc4c23)cc1. The summed E-state index contributed by atoms with van der Waals surface area (Å²) < 4.78 is 6.42. The summed E-state index contributed by atoms with van der Waals surface area (Å²) in [7, 11) is 0. The number of hydrogen-bond acceptors (Lipinski definition) is 2. The van der Waals surface area contributed by atoms with Crippen LogP contribution in [0.5, 0.6) is 0 Å². The highest BCUT2D eigenvalue weighted by Crippen LogP contribution is 2.71. The molecule has 204 valence electrons. The molecule has 5 aromatic carbocycles. The van der Waals surface area contributed by atoms with E-state index in [9.17, 15) is 0 Å². The summed E-state index contributed by atoms with van der Waals surface area (Å²) in [6.45, 7) is 0. The van der Waals surface area contributed by atoms with Crippen molar-refractivity contribution in [2.24, 2.45) is 23.7 Å². The van der Waals surface area contributed by atoms with Crippen molar-refractivity contribution in [3.63, 3.8) is 0 Å². The number of para-hydroxylation sites is 2. The zero-order valence-electron chi connectivity index (χ0n) is 23.7. The summed E-state index contributed by atoms with van der Waals surface area (Å²) in [6, 6.07) is 42.6. The normalized spacial score (nSPS) is 26.7. The van der Waals surface area contributed by atoms with E-state index >= 15 is 0 Å². The van der Waals surface area contributed by atoms with Crippen LogP contribution in [0.1, 0.15) is 43.2 Å². The van der Waals surface area contributed by atoms with Crippen LogP contribution < -0.4 is 4.90 Å². The zero-order chi connectivity index (χ0) is 27.4. The number of fused-ring (bicyclic) bond motifs is 6. The minimum Gasteiger partial charge on any atom is -0.456 e. The smallest absolute Gasteiger partial charge is 0.137 e. The van der Waals surface area contributed by atoms with Gasteiger partial charge in [0.25, 0.3) is 0 Å². The number of nitrogens with zero attached hydrogens (tertiary/aromatic N) is 1. The van der Waals surface area contributed by atoms with Gasteiger partial charge in [-0.05, 0) is 114 Å². The third-order valence-corrected chi connectivity index (χ3v) is 11.4. The lowest BCUT2D eigenvalue weighted by molar-refractivity contribution is -0.0397. The van der Waals surface area contributed by atoms with Crippen LogP contribution in [-0.2, 0) is 5.41 Å². The van der Waals surface area contributed by atoms with E-state index in [0.29, 0.717) is 11.8 Å². The largest absolute Gasteiger partial charge is 0.456 e. The van der Waals surface area contributed by atoms with E-state index in [1.54, 1.807) is 11.1 Å². The Labute approximate surface area is 246 Å². The monoisotopic (exact) mass is 543 g/mol. The van der Waals surface area contributed by atoms with E-state index in [4.69, 9.17) is 4.42 Å². The maximum Gasteiger partial charge on any atom is 0.137 e. The molecule has 11 rings (SSSR count). The highest BCUT2D eigenvalue weighted by atomic mass is 16.3.